The highest BCUT2D eigenvalue weighted by atomic mass is 16.2. The predicted octanol–water partition coefficient (Wildman–Crippen LogP) is 7.37. The lowest BCUT2D eigenvalue weighted by Gasteiger charge is -2.27. The second kappa shape index (κ2) is 9.13. The molecule has 1 N–H and O–H groups in total. The molecule has 0 unspecified atom stereocenters. The lowest BCUT2D eigenvalue weighted by molar-refractivity contribution is 0.615. The highest BCUT2D eigenvalue weighted by Crippen LogP contribution is 2.39. The Bertz CT molecular complexity index is 1610. The number of benzene rings is 6. The molecule has 0 fully saturated rings. The third kappa shape index (κ3) is 3.97. The SMILES string of the molecule is O[B]c1ccc(N(c2ccc(-c3cccc4ccccc34)cc2)c2cccc3ccccc23)cc1. The summed E-state index contributed by atoms with van der Waals surface area (Å²) in [7, 11) is 1.13. The zero-order valence-electron chi connectivity index (χ0n) is 19.2. The minimum Gasteiger partial charge on any atom is -0.450 e. The minimum absolute atomic E-state index is 0.776. The van der Waals surface area contributed by atoms with Crippen LogP contribution in [0.1, 0.15) is 0 Å². The van der Waals surface area contributed by atoms with Gasteiger partial charge in [-0.25, -0.2) is 0 Å². The summed E-state index contributed by atoms with van der Waals surface area (Å²) in [6, 6.07) is 46.5. The lowest BCUT2D eigenvalue weighted by atomic mass is 9.89. The van der Waals surface area contributed by atoms with Crippen LogP contribution in [0.3, 0.4) is 0 Å². The van der Waals surface area contributed by atoms with Gasteiger partial charge in [-0.1, -0.05) is 109 Å². The van der Waals surface area contributed by atoms with Gasteiger partial charge in [-0.05, 0) is 57.6 Å². The van der Waals surface area contributed by atoms with E-state index in [1.807, 2.05) is 24.3 Å². The molecule has 1 radical (unpaired) electrons. The monoisotopic (exact) mass is 448 g/mol. The van der Waals surface area contributed by atoms with Crippen molar-refractivity contribution in [3.05, 3.63) is 133 Å². The van der Waals surface area contributed by atoms with Crippen molar-refractivity contribution in [2.75, 3.05) is 4.90 Å². The first-order valence-electron chi connectivity index (χ1n) is 11.8. The fraction of sp³-hybridized carbons (Fsp3) is 0. The molecule has 0 atom stereocenters. The van der Waals surface area contributed by atoms with Gasteiger partial charge in [0.1, 0.15) is 0 Å². The number of anilines is 3. The number of rotatable bonds is 5. The van der Waals surface area contributed by atoms with Gasteiger partial charge in [0.15, 0.2) is 0 Å². The van der Waals surface area contributed by atoms with E-state index in [4.69, 9.17) is 0 Å². The van der Waals surface area contributed by atoms with Crippen molar-refractivity contribution in [3.8, 4) is 11.1 Å². The van der Waals surface area contributed by atoms with E-state index >= 15 is 0 Å². The molecular weight excluding hydrogens is 425 g/mol. The van der Waals surface area contributed by atoms with Gasteiger partial charge in [-0.3, -0.25) is 0 Å². The second-order valence-electron chi connectivity index (χ2n) is 8.63. The van der Waals surface area contributed by atoms with Crippen LogP contribution < -0.4 is 10.4 Å². The first-order chi connectivity index (χ1) is 17.3. The van der Waals surface area contributed by atoms with Crippen LogP contribution in [0, 0.1) is 0 Å². The van der Waals surface area contributed by atoms with Crippen LogP contribution in [-0.4, -0.2) is 12.5 Å². The maximum atomic E-state index is 9.42. The molecule has 0 saturated carbocycles. The highest BCUT2D eigenvalue weighted by molar-refractivity contribution is 6.45. The van der Waals surface area contributed by atoms with E-state index in [9.17, 15) is 5.02 Å². The summed E-state index contributed by atoms with van der Waals surface area (Å²) < 4.78 is 0. The Kier molecular flexibility index (Phi) is 5.54. The fourth-order valence-corrected chi connectivity index (χ4v) is 4.81. The zero-order valence-corrected chi connectivity index (χ0v) is 19.2. The van der Waals surface area contributed by atoms with E-state index < -0.39 is 0 Å². The third-order valence-electron chi connectivity index (χ3n) is 6.53. The van der Waals surface area contributed by atoms with E-state index in [1.54, 1.807) is 0 Å². The van der Waals surface area contributed by atoms with Crippen LogP contribution in [0.25, 0.3) is 32.7 Å². The molecule has 0 aliphatic heterocycles. The summed E-state index contributed by atoms with van der Waals surface area (Å²) in [6.07, 6.45) is 0. The maximum absolute atomic E-state index is 9.42. The average Bonchev–Trinajstić information content (AvgIpc) is 2.94. The van der Waals surface area contributed by atoms with Gasteiger partial charge in [-0.15, -0.1) is 0 Å². The number of fused-ring (bicyclic) bond motifs is 2. The Labute approximate surface area is 206 Å². The van der Waals surface area contributed by atoms with Crippen molar-refractivity contribution in [2.45, 2.75) is 0 Å². The first kappa shape index (κ1) is 21.2. The van der Waals surface area contributed by atoms with Gasteiger partial charge in [0.25, 0.3) is 0 Å². The number of hydrogen-bond acceptors (Lipinski definition) is 2. The van der Waals surface area contributed by atoms with E-state index in [0.717, 1.165) is 30.0 Å². The molecule has 6 aromatic rings. The molecule has 0 bridgehead atoms. The molecular formula is C32H23BNO. The Morgan fingerprint density at radius 1 is 0.486 bits per heavy atom. The Morgan fingerprint density at radius 3 is 1.71 bits per heavy atom. The van der Waals surface area contributed by atoms with Crippen molar-refractivity contribution < 1.29 is 5.02 Å². The van der Waals surface area contributed by atoms with Gasteiger partial charge in [0.2, 0.25) is 0 Å². The van der Waals surface area contributed by atoms with E-state index in [2.05, 4.69) is 114 Å². The quantitative estimate of drug-likeness (QED) is 0.279. The second-order valence-corrected chi connectivity index (χ2v) is 8.63. The van der Waals surface area contributed by atoms with Gasteiger partial charge in [-0.2, -0.15) is 0 Å². The summed E-state index contributed by atoms with van der Waals surface area (Å²) in [5, 5.41) is 14.3. The predicted molar refractivity (Wildman–Crippen MR) is 149 cm³/mol. The van der Waals surface area contributed by atoms with E-state index in [0.29, 0.717) is 0 Å². The molecule has 165 valence electrons. The molecule has 0 spiro atoms. The summed E-state index contributed by atoms with van der Waals surface area (Å²) >= 11 is 0. The average molecular weight is 448 g/mol. The zero-order chi connectivity index (χ0) is 23.6. The van der Waals surface area contributed by atoms with Gasteiger partial charge < -0.3 is 9.92 Å². The smallest absolute Gasteiger partial charge is 0.326 e. The molecule has 0 aliphatic carbocycles. The summed E-state index contributed by atoms with van der Waals surface area (Å²) in [4.78, 5) is 2.27. The highest BCUT2D eigenvalue weighted by Gasteiger charge is 2.15. The molecule has 6 aromatic carbocycles. The van der Waals surface area contributed by atoms with E-state index in [1.165, 1.54) is 32.7 Å². The number of nitrogens with zero attached hydrogens (tertiary/aromatic N) is 1. The fourth-order valence-electron chi connectivity index (χ4n) is 4.81. The van der Waals surface area contributed by atoms with Crippen LogP contribution in [0.5, 0.6) is 0 Å². The van der Waals surface area contributed by atoms with Crippen molar-refractivity contribution in [2.24, 2.45) is 0 Å². The topological polar surface area (TPSA) is 23.5 Å². The van der Waals surface area contributed by atoms with Crippen molar-refractivity contribution >= 4 is 51.6 Å². The Balaban J connectivity index is 1.49. The normalized spacial score (nSPS) is 11.0. The summed E-state index contributed by atoms with van der Waals surface area (Å²) in [6.45, 7) is 0. The summed E-state index contributed by atoms with van der Waals surface area (Å²) in [5.41, 5.74) is 6.42. The third-order valence-corrected chi connectivity index (χ3v) is 6.53. The molecule has 35 heavy (non-hydrogen) atoms. The van der Waals surface area contributed by atoms with Crippen LogP contribution in [0.4, 0.5) is 17.1 Å². The van der Waals surface area contributed by atoms with Crippen molar-refractivity contribution in [1.82, 2.24) is 0 Å². The first-order valence-corrected chi connectivity index (χ1v) is 11.8. The summed E-state index contributed by atoms with van der Waals surface area (Å²) in [5.74, 6) is 0. The maximum Gasteiger partial charge on any atom is 0.326 e. The molecule has 0 saturated heterocycles. The molecule has 0 amide bonds. The van der Waals surface area contributed by atoms with Gasteiger partial charge >= 0.3 is 7.48 Å². The number of hydrogen-bond donors (Lipinski definition) is 1. The van der Waals surface area contributed by atoms with Gasteiger partial charge in [0, 0.05) is 16.8 Å². The van der Waals surface area contributed by atoms with E-state index in [-0.39, 0.29) is 0 Å². The standard InChI is InChI=1S/C32H23BNO/c35-33-26-17-21-28(22-18-26)34(32-14-6-10-24-8-2-4-12-31(24)32)27-19-15-25(16-20-27)30-13-5-9-23-7-1-3-11-29(23)30/h1-22,35H. The lowest BCUT2D eigenvalue weighted by Crippen LogP contribution is -2.15. The van der Waals surface area contributed by atoms with Crippen molar-refractivity contribution in [1.29, 1.82) is 0 Å². The molecule has 3 heteroatoms. The molecule has 0 aliphatic rings. The Hall–Kier alpha value is -4.34. The van der Waals surface area contributed by atoms with Crippen LogP contribution in [0.15, 0.2) is 133 Å². The largest absolute Gasteiger partial charge is 0.450 e. The van der Waals surface area contributed by atoms with Gasteiger partial charge in [0.05, 0.1) is 5.69 Å². The van der Waals surface area contributed by atoms with Crippen LogP contribution in [0.2, 0.25) is 0 Å². The van der Waals surface area contributed by atoms with Crippen LogP contribution >= 0.6 is 0 Å². The minimum atomic E-state index is 0.776. The Morgan fingerprint density at radius 2 is 1.03 bits per heavy atom. The van der Waals surface area contributed by atoms with Crippen molar-refractivity contribution in [3.63, 3.8) is 0 Å². The molecule has 0 aromatic heterocycles. The van der Waals surface area contributed by atoms with Crippen LogP contribution in [-0.2, 0) is 0 Å². The molecule has 0 heterocycles. The molecule has 6 rings (SSSR count). The molecule has 2 nitrogen and oxygen atoms in total.